The van der Waals surface area contributed by atoms with Gasteiger partial charge in [-0.25, -0.2) is 4.98 Å². The Morgan fingerprint density at radius 3 is 2.85 bits per heavy atom. The van der Waals surface area contributed by atoms with Gasteiger partial charge in [0, 0.05) is 24.0 Å². The lowest BCUT2D eigenvalue weighted by atomic mass is 10.2. The maximum atomic E-state index is 5.81. The van der Waals surface area contributed by atoms with Gasteiger partial charge in [-0.05, 0) is 26.0 Å². The number of rotatable bonds is 3. The highest BCUT2D eigenvalue weighted by Gasteiger charge is 2.14. The van der Waals surface area contributed by atoms with Crippen LogP contribution in [0.25, 0.3) is 10.2 Å². The summed E-state index contributed by atoms with van der Waals surface area (Å²) >= 11 is 1.63. The Morgan fingerprint density at radius 2 is 2.15 bits per heavy atom. The monoisotopic (exact) mass is 288 g/mol. The van der Waals surface area contributed by atoms with Crippen molar-refractivity contribution in [2.24, 2.45) is 0 Å². The Labute approximate surface area is 121 Å². The SMILES string of the molecule is Cc1cc2c(N(C)Cc3ccoc3C)nc(N)nc2s1. The molecular weight excluding hydrogens is 272 g/mol. The number of fused-ring (bicyclic) bond motifs is 1. The minimum atomic E-state index is 0.310. The summed E-state index contributed by atoms with van der Waals surface area (Å²) in [6.07, 6.45) is 1.71. The topological polar surface area (TPSA) is 68.2 Å². The molecule has 0 aliphatic carbocycles. The highest BCUT2D eigenvalue weighted by Crippen LogP contribution is 2.31. The summed E-state index contributed by atoms with van der Waals surface area (Å²) in [6.45, 7) is 4.75. The quantitative estimate of drug-likeness (QED) is 0.802. The van der Waals surface area contributed by atoms with Gasteiger partial charge in [0.2, 0.25) is 5.95 Å². The van der Waals surface area contributed by atoms with E-state index >= 15 is 0 Å². The second-order valence-electron chi connectivity index (χ2n) is 4.84. The number of aromatic nitrogens is 2. The van der Waals surface area contributed by atoms with Gasteiger partial charge in [-0.2, -0.15) is 4.98 Å². The Bertz CT molecular complexity index is 762. The van der Waals surface area contributed by atoms with E-state index in [-0.39, 0.29) is 0 Å². The molecule has 104 valence electrons. The minimum absolute atomic E-state index is 0.310. The Hall–Kier alpha value is -2.08. The molecule has 0 bridgehead atoms. The molecule has 0 radical (unpaired) electrons. The lowest BCUT2D eigenvalue weighted by Crippen LogP contribution is -2.18. The van der Waals surface area contributed by atoms with Crippen molar-refractivity contribution in [2.45, 2.75) is 20.4 Å². The normalized spacial score (nSPS) is 11.2. The van der Waals surface area contributed by atoms with E-state index in [4.69, 9.17) is 10.2 Å². The number of nitrogens with zero attached hydrogens (tertiary/aromatic N) is 3. The standard InChI is InChI=1S/C14H16N4OS/c1-8-6-11-12(16-14(15)17-13(11)20-8)18(3)7-10-4-5-19-9(10)2/h4-6H,7H2,1-3H3,(H2,15,16,17). The summed E-state index contributed by atoms with van der Waals surface area (Å²) < 4.78 is 5.33. The summed E-state index contributed by atoms with van der Waals surface area (Å²) in [6, 6.07) is 4.08. The highest BCUT2D eigenvalue weighted by atomic mass is 32.1. The Morgan fingerprint density at radius 1 is 1.35 bits per heavy atom. The summed E-state index contributed by atoms with van der Waals surface area (Å²) in [7, 11) is 2.00. The Balaban J connectivity index is 2.02. The van der Waals surface area contributed by atoms with Crippen LogP contribution in [0, 0.1) is 13.8 Å². The maximum absolute atomic E-state index is 5.81. The van der Waals surface area contributed by atoms with Crippen LogP contribution < -0.4 is 10.6 Å². The number of aryl methyl sites for hydroxylation is 2. The van der Waals surface area contributed by atoms with Crippen LogP contribution >= 0.6 is 11.3 Å². The van der Waals surface area contributed by atoms with E-state index in [1.54, 1.807) is 17.6 Å². The van der Waals surface area contributed by atoms with Crippen molar-refractivity contribution in [1.82, 2.24) is 9.97 Å². The molecule has 0 amide bonds. The lowest BCUT2D eigenvalue weighted by Gasteiger charge is -2.18. The smallest absolute Gasteiger partial charge is 0.223 e. The van der Waals surface area contributed by atoms with Crippen LogP contribution in [0.3, 0.4) is 0 Å². The van der Waals surface area contributed by atoms with Crippen LogP contribution in [0.5, 0.6) is 0 Å². The molecule has 20 heavy (non-hydrogen) atoms. The molecule has 0 unspecified atom stereocenters. The predicted molar refractivity (Wildman–Crippen MR) is 82.1 cm³/mol. The molecule has 3 rings (SSSR count). The average Bonchev–Trinajstić information content (AvgIpc) is 2.94. The third-order valence-corrected chi connectivity index (χ3v) is 4.19. The fourth-order valence-corrected chi connectivity index (χ4v) is 3.12. The average molecular weight is 288 g/mol. The van der Waals surface area contributed by atoms with Crippen molar-refractivity contribution in [3.8, 4) is 0 Å². The highest BCUT2D eigenvalue weighted by molar-refractivity contribution is 7.18. The third kappa shape index (κ3) is 2.22. The van der Waals surface area contributed by atoms with Crippen LogP contribution in [0.4, 0.5) is 11.8 Å². The molecular formula is C14H16N4OS. The molecule has 2 N–H and O–H groups in total. The Kier molecular flexibility index (Phi) is 3.10. The molecule has 3 heterocycles. The molecule has 0 saturated heterocycles. The molecule has 3 aromatic rings. The zero-order valence-corrected chi connectivity index (χ0v) is 12.5. The van der Waals surface area contributed by atoms with Gasteiger partial charge < -0.3 is 15.1 Å². The summed E-state index contributed by atoms with van der Waals surface area (Å²) in [5.74, 6) is 2.10. The van der Waals surface area contributed by atoms with Crippen LogP contribution in [-0.2, 0) is 6.54 Å². The van der Waals surface area contributed by atoms with E-state index in [2.05, 4.69) is 27.9 Å². The van der Waals surface area contributed by atoms with Crippen molar-refractivity contribution >= 4 is 33.3 Å². The van der Waals surface area contributed by atoms with Crippen LogP contribution in [0.2, 0.25) is 0 Å². The minimum Gasteiger partial charge on any atom is -0.469 e. The first kappa shape index (κ1) is 12.9. The molecule has 0 atom stereocenters. The summed E-state index contributed by atoms with van der Waals surface area (Å²) in [4.78, 5) is 12.9. The van der Waals surface area contributed by atoms with Gasteiger partial charge in [-0.3, -0.25) is 0 Å². The van der Waals surface area contributed by atoms with Gasteiger partial charge in [-0.15, -0.1) is 11.3 Å². The lowest BCUT2D eigenvalue weighted by molar-refractivity contribution is 0.529. The van der Waals surface area contributed by atoms with Gasteiger partial charge in [0.15, 0.2) is 0 Å². The number of hydrogen-bond donors (Lipinski definition) is 1. The molecule has 6 heteroatoms. The van der Waals surface area contributed by atoms with Gasteiger partial charge in [0.1, 0.15) is 16.4 Å². The number of thiophene rings is 1. The van der Waals surface area contributed by atoms with Gasteiger partial charge in [-0.1, -0.05) is 0 Å². The van der Waals surface area contributed by atoms with E-state index in [0.717, 1.165) is 33.9 Å². The first-order valence-corrected chi connectivity index (χ1v) is 7.14. The van der Waals surface area contributed by atoms with Crippen molar-refractivity contribution in [3.05, 3.63) is 34.6 Å². The second-order valence-corrected chi connectivity index (χ2v) is 6.07. The van der Waals surface area contributed by atoms with Gasteiger partial charge >= 0.3 is 0 Å². The molecule has 0 aromatic carbocycles. The van der Waals surface area contributed by atoms with Gasteiger partial charge in [0.25, 0.3) is 0 Å². The number of nitrogen functional groups attached to an aromatic ring is 1. The van der Waals surface area contributed by atoms with E-state index in [0.29, 0.717) is 5.95 Å². The van der Waals surface area contributed by atoms with E-state index < -0.39 is 0 Å². The molecule has 3 aromatic heterocycles. The fraction of sp³-hybridized carbons (Fsp3) is 0.286. The fourth-order valence-electron chi connectivity index (χ4n) is 2.24. The van der Waals surface area contributed by atoms with E-state index in [1.165, 1.54) is 4.88 Å². The van der Waals surface area contributed by atoms with E-state index in [1.807, 2.05) is 20.0 Å². The zero-order valence-electron chi connectivity index (χ0n) is 11.7. The second kappa shape index (κ2) is 4.79. The predicted octanol–water partition coefficient (Wildman–Crippen LogP) is 3.12. The molecule has 0 aliphatic heterocycles. The summed E-state index contributed by atoms with van der Waals surface area (Å²) in [5.41, 5.74) is 6.96. The molecule has 5 nitrogen and oxygen atoms in total. The largest absolute Gasteiger partial charge is 0.469 e. The van der Waals surface area contributed by atoms with Crippen molar-refractivity contribution in [3.63, 3.8) is 0 Å². The van der Waals surface area contributed by atoms with Crippen molar-refractivity contribution in [2.75, 3.05) is 17.7 Å². The molecule has 0 aliphatic rings. The van der Waals surface area contributed by atoms with Gasteiger partial charge in [0.05, 0.1) is 11.6 Å². The number of hydrogen-bond acceptors (Lipinski definition) is 6. The van der Waals surface area contributed by atoms with Crippen LogP contribution in [0.15, 0.2) is 22.8 Å². The molecule has 0 spiro atoms. The van der Waals surface area contributed by atoms with E-state index in [9.17, 15) is 0 Å². The molecule has 0 saturated carbocycles. The van der Waals surface area contributed by atoms with Crippen LogP contribution in [0.1, 0.15) is 16.2 Å². The van der Waals surface area contributed by atoms with Crippen molar-refractivity contribution < 1.29 is 4.42 Å². The zero-order chi connectivity index (χ0) is 14.3. The first-order valence-electron chi connectivity index (χ1n) is 6.32. The maximum Gasteiger partial charge on any atom is 0.223 e. The van der Waals surface area contributed by atoms with Crippen LogP contribution in [-0.4, -0.2) is 17.0 Å². The molecule has 0 fully saturated rings. The van der Waals surface area contributed by atoms with Crippen molar-refractivity contribution in [1.29, 1.82) is 0 Å². The number of furan rings is 1. The number of nitrogens with two attached hydrogens (primary N) is 1. The summed E-state index contributed by atoms with van der Waals surface area (Å²) in [5, 5.41) is 1.05. The third-order valence-electron chi connectivity index (χ3n) is 3.25. The number of anilines is 2. The first-order chi connectivity index (χ1) is 9.54.